The monoisotopic (exact) mass is 274 g/mol. The molecule has 108 valence electrons. The Kier molecular flexibility index (Phi) is 2.89. The second kappa shape index (κ2) is 4.14. The second-order valence-electron chi connectivity index (χ2n) is 6.89. The minimum absolute atomic E-state index is 0.0336. The predicted molar refractivity (Wildman–Crippen MR) is 63.6 cm³/mol. The molecule has 0 amide bonds. The summed E-state index contributed by atoms with van der Waals surface area (Å²) < 4.78 is 31.0. The number of esters is 1. The smallest absolute Gasteiger partial charge is 0.376 e. The Labute approximate surface area is 111 Å². The summed E-state index contributed by atoms with van der Waals surface area (Å²) >= 11 is 0. The molecule has 4 bridgehead atoms. The van der Waals surface area contributed by atoms with Crippen LogP contribution >= 0.6 is 0 Å². The summed E-state index contributed by atoms with van der Waals surface area (Å²) in [6.45, 7) is 0.752. The van der Waals surface area contributed by atoms with Crippen LogP contribution in [0.3, 0.4) is 0 Å². The highest BCUT2D eigenvalue weighted by Gasteiger charge is 2.57. The molecule has 2 atom stereocenters. The minimum atomic E-state index is -3.41. The predicted octanol–water partition coefficient (Wildman–Crippen LogP) is 2.37. The Balaban J connectivity index is 1.74. The fourth-order valence-electron chi connectivity index (χ4n) is 4.76. The van der Waals surface area contributed by atoms with E-state index >= 15 is 0 Å². The van der Waals surface area contributed by atoms with Gasteiger partial charge >= 0.3 is 11.9 Å². The first kappa shape index (κ1) is 13.3. The molecule has 1 N–H and O–H groups in total. The van der Waals surface area contributed by atoms with Crippen molar-refractivity contribution in [3.8, 4) is 0 Å². The lowest BCUT2D eigenvalue weighted by atomic mass is 9.49. The summed E-state index contributed by atoms with van der Waals surface area (Å²) in [4.78, 5) is 11.4. The largest absolute Gasteiger partial charge is 0.457 e. The molecule has 0 heterocycles. The fourth-order valence-corrected chi connectivity index (χ4v) is 4.76. The van der Waals surface area contributed by atoms with Crippen molar-refractivity contribution in [2.75, 3.05) is 6.61 Å². The molecule has 4 fully saturated rings. The van der Waals surface area contributed by atoms with E-state index in [0.29, 0.717) is 12.8 Å². The van der Waals surface area contributed by atoms with E-state index in [9.17, 15) is 18.7 Å². The molecule has 0 saturated heterocycles. The highest BCUT2D eigenvalue weighted by molar-refractivity contribution is 5.77. The summed E-state index contributed by atoms with van der Waals surface area (Å²) in [6, 6.07) is 0. The lowest BCUT2D eigenvalue weighted by Gasteiger charge is -2.58. The first-order valence-electron chi connectivity index (χ1n) is 7.03. The minimum Gasteiger partial charge on any atom is -0.457 e. The van der Waals surface area contributed by atoms with Crippen LogP contribution in [0.15, 0.2) is 0 Å². The Morgan fingerprint density at radius 1 is 1.32 bits per heavy atom. The SMILES string of the molecule is CC(F)(F)C(=O)OC1C2CC3CC1CC(CO)(C3)C2. The zero-order valence-electron chi connectivity index (χ0n) is 11.1. The van der Waals surface area contributed by atoms with Crippen molar-refractivity contribution in [3.05, 3.63) is 0 Å². The van der Waals surface area contributed by atoms with Gasteiger partial charge in [0, 0.05) is 13.5 Å². The summed E-state index contributed by atoms with van der Waals surface area (Å²) in [5, 5.41) is 9.60. The summed E-state index contributed by atoms with van der Waals surface area (Å²) in [6.07, 6.45) is 4.19. The maximum absolute atomic E-state index is 13.0. The number of rotatable bonds is 3. The third kappa shape index (κ3) is 2.16. The van der Waals surface area contributed by atoms with Crippen molar-refractivity contribution in [2.24, 2.45) is 23.2 Å². The molecule has 4 rings (SSSR count). The van der Waals surface area contributed by atoms with Gasteiger partial charge in [0.15, 0.2) is 0 Å². The number of carbonyl (C=O) groups excluding carboxylic acids is 1. The number of ether oxygens (including phenoxy) is 1. The van der Waals surface area contributed by atoms with Crippen molar-refractivity contribution in [1.82, 2.24) is 0 Å². The van der Waals surface area contributed by atoms with E-state index in [4.69, 9.17) is 4.74 Å². The maximum Gasteiger partial charge on any atom is 0.376 e. The van der Waals surface area contributed by atoms with Crippen LogP contribution in [0.4, 0.5) is 8.78 Å². The number of halogens is 2. The van der Waals surface area contributed by atoms with Gasteiger partial charge in [-0.3, -0.25) is 0 Å². The van der Waals surface area contributed by atoms with Gasteiger partial charge in [-0.1, -0.05) is 0 Å². The standard InChI is InChI=1S/C14H20F2O3/c1-13(15,16)12(18)19-11-9-2-8-3-10(11)6-14(4-8,5-9)7-17/h8-11,17H,2-7H2,1H3. The Morgan fingerprint density at radius 3 is 2.37 bits per heavy atom. The molecule has 19 heavy (non-hydrogen) atoms. The molecule has 0 aromatic rings. The zero-order chi connectivity index (χ0) is 13.8. The van der Waals surface area contributed by atoms with Crippen LogP contribution in [0.5, 0.6) is 0 Å². The number of hydrogen-bond acceptors (Lipinski definition) is 3. The van der Waals surface area contributed by atoms with E-state index in [1.54, 1.807) is 0 Å². The highest BCUT2D eigenvalue weighted by Crippen LogP contribution is 2.60. The first-order chi connectivity index (χ1) is 8.83. The van der Waals surface area contributed by atoms with E-state index in [-0.39, 0.29) is 30.0 Å². The van der Waals surface area contributed by atoms with E-state index in [2.05, 4.69) is 0 Å². The van der Waals surface area contributed by atoms with Crippen LogP contribution in [-0.4, -0.2) is 29.7 Å². The molecule has 3 nitrogen and oxygen atoms in total. The summed E-state index contributed by atoms with van der Waals surface area (Å²) in [7, 11) is 0. The molecule has 4 saturated carbocycles. The van der Waals surface area contributed by atoms with Crippen molar-refractivity contribution in [3.63, 3.8) is 0 Å². The van der Waals surface area contributed by atoms with E-state index in [1.807, 2.05) is 0 Å². The fraction of sp³-hybridized carbons (Fsp3) is 0.929. The average Bonchev–Trinajstić information content (AvgIpc) is 2.31. The van der Waals surface area contributed by atoms with Gasteiger partial charge in [-0.25, -0.2) is 4.79 Å². The van der Waals surface area contributed by atoms with Gasteiger partial charge in [0.2, 0.25) is 0 Å². The third-order valence-electron chi connectivity index (χ3n) is 5.25. The normalized spacial score (nSPS) is 44.4. The van der Waals surface area contributed by atoms with Gasteiger partial charge in [-0.05, 0) is 55.3 Å². The van der Waals surface area contributed by atoms with Gasteiger partial charge < -0.3 is 9.84 Å². The van der Waals surface area contributed by atoms with Gasteiger partial charge in [0.1, 0.15) is 6.10 Å². The Bertz CT molecular complexity index is 375. The van der Waals surface area contributed by atoms with Gasteiger partial charge in [0.05, 0.1) is 0 Å². The van der Waals surface area contributed by atoms with Crippen LogP contribution in [0, 0.1) is 23.2 Å². The van der Waals surface area contributed by atoms with Crippen molar-refractivity contribution in [1.29, 1.82) is 0 Å². The molecule has 0 aromatic carbocycles. The summed E-state index contributed by atoms with van der Waals surface area (Å²) in [5.41, 5.74) is -0.0336. The van der Waals surface area contributed by atoms with Crippen molar-refractivity contribution in [2.45, 2.75) is 51.1 Å². The van der Waals surface area contributed by atoms with Gasteiger partial charge in [-0.15, -0.1) is 0 Å². The van der Waals surface area contributed by atoms with Crippen molar-refractivity contribution >= 4 is 5.97 Å². The molecule has 4 aliphatic rings. The zero-order valence-corrected chi connectivity index (χ0v) is 11.1. The average molecular weight is 274 g/mol. The van der Waals surface area contributed by atoms with Crippen LogP contribution in [0.25, 0.3) is 0 Å². The summed E-state index contributed by atoms with van der Waals surface area (Å²) in [5.74, 6) is -3.93. The van der Waals surface area contributed by atoms with Gasteiger partial charge in [-0.2, -0.15) is 8.78 Å². The molecule has 0 aliphatic heterocycles. The Hall–Kier alpha value is -0.710. The number of alkyl halides is 2. The molecule has 0 spiro atoms. The van der Waals surface area contributed by atoms with Crippen LogP contribution < -0.4 is 0 Å². The molecular formula is C14H20F2O3. The number of carbonyl (C=O) groups is 1. The van der Waals surface area contributed by atoms with Crippen LogP contribution in [0.1, 0.15) is 39.0 Å². The van der Waals surface area contributed by atoms with E-state index in [0.717, 1.165) is 32.1 Å². The van der Waals surface area contributed by atoms with Crippen LogP contribution in [0.2, 0.25) is 0 Å². The molecule has 4 aliphatic carbocycles. The molecular weight excluding hydrogens is 254 g/mol. The van der Waals surface area contributed by atoms with E-state index < -0.39 is 11.9 Å². The number of hydrogen-bond donors (Lipinski definition) is 1. The lowest BCUT2D eigenvalue weighted by molar-refractivity contribution is -0.203. The van der Waals surface area contributed by atoms with Gasteiger partial charge in [0.25, 0.3) is 0 Å². The molecule has 0 aromatic heterocycles. The van der Waals surface area contributed by atoms with Crippen LogP contribution in [-0.2, 0) is 9.53 Å². The first-order valence-corrected chi connectivity index (χ1v) is 7.03. The second-order valence-corrected chi connectivity index (χ2v) is 6.89. The highest BCUT2D eigenvalue weighted by atomic mass is 19.3. The number of aliphatic hydroxyl groups is 1. The number of aliphatic hydroxyl groups excluding tert-OH is 1. The quantitative estimate of drug-likeness (QED) is 0.804. The lowest BCUT2D eigenvalue weighted by Crippen LogP contribution is -2.56. The maximum atomic E-state index is 13.0. The Morgan fingerprint density at radius 2 is 1.89 bits per heavy atom. The van der Waals surface area contributed by atoms with E-state index in [1.165, 1.54) is 0 Å². The topological polar surface area (TPSA) is 46.5 Å². The molecule has 5 heteroatoms. The molecule has 2 unspecified atom stereocenters. The molecule has 0 radical (unpaired) electrons. The third-order valence-corrected chi connectivity index (χ3v) is 5.25. The van der Waals surface area contributed by atoms with Crippen molar-refractivity contribution < 1.29 is 23.4 Å².